The molecule has 1 aliphatic rings. The van der Waals surface area contributed by atoms with Gasteiger partial charge in [0.15, 0.2) is 0 Å². The minimum atomic E-state index is -0.478. The molecule has 0 unspecified atom stereocenters. The number of carbonyl (C=O) groups excluding carboxylic acids is 2. The maximum absolute atomic E-state index is 12.8. The first-order valence-corrected chi connectivity index (χ1v) is 18.6. The van der Waals surface area contributed by atoms with Gasteiger partial charge < -0.3 is 24.8 Å². The van der Waals surface area contributed by atoms with Gasteiger partial charge >= 0.3 is 11.9 Å². The Labute approximate surface area is 325 Å². The predicted molar refractivity (Wildman–Crippen MR) is 221 cm³/mol. The second kappa shape index (κ2) is 17.1. The zero-order valence-corrected chi connectivity index (χ0v) is 31.3. The second-order valence-corrected chi connectivity index (χ2v) is 13.8. The van der Waals surface area contributed by atoms with Crippen molar-refractivity contribution in [3.63, 3.8) is 0 Å². The molecule has 0 atom stereocenters. The summed E-state index contributed by atoms with van der Waals surface area (Å²) in [5, 5.41) is 29.4. The number of carbonyl (C=O) groups is 2. The van der Waals surface area contributed by atoms with Crippen molar-refractivity contribution >= 4 is 67.6 Å². The van der Waals surface area contributed by atoms with Crippen LogP contribution in [0.2, 0.25) is 0 Å². The predicted octanol–water partition coefficient (Wildman–Crippen LogP) is 12.3. The van der Waals surface area contributed by atoms with E-state index in [1.807, 2.05) is 48.5 Å². The van der Waals surface area contributed by atoms with Crippen molar-refractivity contribution in [1.82, 2.24) is 0 Å². The minimum absolute atomic E-state index is 0.261. The fourth-order valence-corrected chi connectivity index (χ4v) is 6.47. The van der Waals surface area contributed by atoms with Gasteiger partial charge in [-0.25, -0.2) is 9.59 Å². The average Bonchev–Trinajstić information content (AvgIpc) is 3.21. The van der Waals surface area contributed by atoms with E-state index in [-0.39, 0.29) is 5.66 Å². The summed E-state index contributed by atoms with van der Waals surface area (Å²) in [7, 11) is 0. The molecule has 1 aliphatic heterocycles. The Kier molecular flexibility index (Phi) is 11.4. The van der Waals surface area contributed by atoms with Crippen molar-refractivity contribution in [3.05, 3.63) is 133 Å². The van der Waals surface area contributed by atoms with Crippen LogP contribution in [-0.2, 0) is 9.53 Å². The molecule has 2 N–H and O–H groups in total. The Hall–Kier alpha value is -6.88. The van der Waals surface area contributed by atoms with E-state index in [4.69, 9.17) is 19.3 Å². The van der Waals surface area contributed by atoms with E-state index < -0.39 is 11.9 Å². The first kappa shape index (κ1) is 37.4. The van der Waals surface area contributed by atoms with Crippen LogP contribution in [0.15, 0.2) is 148 Å². The van der Waals surface area contributed by atoms with Gasteiger partial charge in [-0.1, -0.05) is 43.0 Å². The number of anilines is 2. The zero-order valence-electron chi connectivity index (χ0n) is 31.3. The Morgan fingerprint density at radius 3 is 1.88 bits per heavy atom. The maximum atomic E-state index is 12.8. The lowest BCUT2D eigenvalue weighted by Crippen LogP contribution is -2.41. The highest BCUT2D eigenvalue weighted by Gasteiger charge is 2.25. The Balaban J connectivity index is 0.943. The van der Waals surface area contributed by atoms with Gasteiger partial charge in [0, 0.05) is 39.0 Å². The van der Waals surface area contributed by atoms with Crippen molar-refractivity contribution in [2.45, 2.75) is 45.2 Å². The first-order valence-electron chi connectivity index (χ1n) is 18.6. The molecule has 7 rings (SSSR count). The number of nitrogens with one attached hydrogen (secondary N) is 2. The molecule has 11 heteroatoms. The summed E-state index contributed by atoms with van der Waals surface area (Å²) in [6.07, 6.45) is 4.73. The van der Waals surface area contributed by atoms with E-state index in [2.05, 4.69) is 64.6 Å². The zero-order chi connectivity index (χ0) is 38.9. The smallest absolute Gasteiger partial charge is 0.343 e. The molecule has 0 radical (unpaired) electrons. The van der Waals surface area contributed by atoms with Gasteiger partial charge in [0.25, 0.3) is 0 Å². The van der Waals surface area contributed by atoms with Crippen LogP contribution >= 0.6 is 0 Å². The van der Waals surface area contributed by atoms with E-state index >= 15 is 0 Å². The van der Waals surface area contributed by atoms with Crippen LogP contribution in [0.25, 0.3) is 21.5 Å². The average molecular weight is 747 g/mol. The standard InChI is InChI=1S/C45H42N6O5/c1-4-42(52)55-29-10-6-5-9-28-54-32-20-16-30(17-21-32)44(53)56-33-22-18-31(19-23-33)48-49-37-24-25-38(35-13-8-7-12-34(35)37)50-51-39-26-27-41-43-36(39)14-11-15-40(43)46-45(2,3)47-41/h4,7-8,11-27,46-47H,1,5-6,9-10,28-29H2,2-3H3. The summed E-state index contributed by atoms with van der Waals surface area (Å²) in [6.45, 7) is 8.54. The number of benzene rings is 6. The Morgan fingerprint density at radius 2 is 1.20 bits per heavy atom. The molecule has 0 aromatic heterocycles. The van der Waals surface area contributed by atoms with Gasteiger partial charge in [-0.05, 0) is 118 Å². The van der Waals surface area contributed by atoms with Crippen LogP contribution in [-0.4, -0.2) is 30.8 Å². The molecule has 6 aromatic carbocycles. The lowest BCUT2D eigenvalue weighted by molar-refractivity contribution is -0.137. The van der Waals surface area contributed by atoms with E-state index in [1.165, 1.54) is 0 Å². The van der Waals surface area contributed by atoms with E-state index in [9.17, 15) is 9.59 Å². The molecular formula is C45H42N6O5. The Bertz CT molecular complexity index is 2430. The topological polar surface area (TPSA) is 135 Å². The van der Waals surface area contributed by atoms with Crippen LogP contribution in [0, 0.1) is 0 Å². The molecule has 0 saturated heterocycles. The molecule has 56 heavy (non-hydrogen) atoms. The lowest BCUT2D eigenvalue weighted by Gasteiger charge is -2.36. The molecule has 0 saturated carbocycles. The van der Waals surface area contributed by atoms with Crippen LogP contribution in [0.5, 0.6) is 11.5 Å². The summed E-state index contributed by atoms with van der Waals surface area (Å²) < 4.78 is 16.4. The molecule has 0 aliphatic carbocycles. The highest BCUT2D eigenvalue weighted by molar-refractivity contribution is 6.09. The lowest BCUT2D eigenvalue weighted by atomic mass is 10.00. The fourth-order valence-electron chi connectivity index (χ4n) is 6.47. The molecule has 0 fully saturated rings. The summed E-state index contributed by atoms with van der Waals surface area (Å²) >= 11 is 0. The molecule has 11 nitrogen and oxygen atoms in total. The Morgan fingerprint density at radius 1 is 0.625 bits per heavy atom. The molecule has 282 valence electrons. The van der Waals surface area contributed by atoms with E-state index in [1.54, 1.807) is 48.5 Å². The quantitative estimate of drug-likeness (QED) is 0.0351. The van der Waals surface area contributed by atoms with Gasteiger partial charge in [0.2, 0.25) is 0 Å². The van der Waals surface area contributed by atoms with Crippen molar-refractivity contribution in [2.24, 2.45) is 20.5 Å². The number of esters is 2. The third kappa shape index (κ3) is 9.07. The molecule has 0 bridgehead atoms. The highest BCUT2D eigenvalue weighted by atomic mass is 16.5. The van der Waals surface area contributed by atoms with Gasteiger partial charge in [-0.15, -0.1) is 15.3 Å². The number of unbranched alkanes of at least 4 members (excludes halogenated alkanes) is 3. The van der Waals surface area contributed by atoms with Crippen molar-refractivity contribution in [2.75, 3.05) is 23.8 Å². The second-order valence-electron chi connectivity index (χ2n) is 13.8. The van der Waals surface area contributed by atoms with Gasteiger partial charge in [-0.3, -0.25) is 0 Å². The number of rotatable bonds is 15. The molecule has 0 amide bonds. The molecule has 0 spiro atoms. The van der Waals surface area contributed by atoms with Crippen LogP contribution in [0.4, 0.5) is 34.1 Å². The normalized spacial score (nSPS) is 13.0. The summed E-state index contributed by atoms with van der Waals surface area (Å²) in [4.78, 5) is 23.9. The minimum Gasteiger partial charge on any atom is -0.494 e. The molecule has 6 aromatic rings. The third-order valence-electron chi connectivity index (χ3n) is 9.18. The van der Waals surface area contributed by atoms with Crippen LogP contribution < -0.4 is 20.1 Å². The number of azo groups is 2. The summed E-state index contributed by atoms with van der Waals surface area (Å²) in [5.41, 5.74) is 5.06. The first-order chi connectivity index (χ1) is 27.3. The fraction of sp³-hybridized carbons (Fsp3) is 0.200. The number of nitrogens with zero attached hydrogens (tertiary/aromatic N) is 4. The van der Waals surface area contributed by atoms with E-state index in [0.717, 1.165) is 76.1 Å². The van der Waals surface area contributed by atoms with Crippen molar-refractivity contribution in [1.29, 1.82) is 0 Å². The van der Waals surface area contributed by atoms with Gasteiger partial charge in [0.05, 0.1) is 41.5 Å². The van der Waals surface area contributed by atoms with Gasteiger partial charge in [-0.2, -0.15) is 5.11 Å². The molecular weight excluding hydrogens is 705 g/mol. The van der Waals surface area contributed by atoms with Crippen molar-refractivity contribution < 1.29 is 23.8 Å². The molecule has 1 heterocycles. The third-order valence-corrected chi connectivity index (χ3v) is 9.18. The van der Waals surface area contributed by atoms with Crippen molar-refractivity contribution in [3.8, 4) is 11.5 Å². The summed E-state index contributed by atoms with van der Waals surface area (Å²) in [6, 6.07) is 35.6. The van der Waals surface area contributed by atoms with Crippen LogP contribution in [0.1, 0.15) is 49.9 Å². The number of hydrogen-bond acceptors (Lipinski definition) is 11. The summed E-state index contributed by atoms with van der Waals surface area (Å²) in [5.74, 6) is 0.188. The number of ether oxygens (including phenoxy) is 3. The number of hydrogen-bond donors (Lipinski definition) is 2. The van der Waals surface area contributed by atoms with Crippen LogP contribution in [0.3, 0.4) is 0 Å². The maximum Gasteiger partial charge on any atom is 0.343 e. The largest absolute Gasteiger partial charge is 0.494 e. The number of fused-ring (bicyclic) bond motifs is 1. The van der Waals surface area contributed by atoms with E-state index in [0.29, 0.717) is 41.7 Å². The highest BCUT2D eigenvalue weighted by Crippen LogP contribution is 2.42. The van der Waals surface area contributed by atoms with Gasteiger partial charge in [0.1, 0.15) is 17.2 Å². The SMILES string of the molecule is C=CC(=O)OCCCCCCOc1ccc(C(=O)Oc2ccc(N=Nc3ccc(N=Nc4ccc5c6c(cccc46)NC(C)(C)N5)c4ccccc34)cc2)cc1. The monoisotopic (exact) mass is 746 g/mol.